The van der Waals surface area contributed by atoms with Crippen LogP contribution in [0.3, 0.4) is 0 Å². The average Bonchev–Trinajstić information content (AvgIpc) is 3.16. The van der Waals surface area contributed by atoms with Crippen LogP contribution in [0.2, 0.25) is 0 Å². The lowest BCUT2D eigenvalue weighted by Crippen LogP contribution is -2.51. The Hall–Kier alpha value is -1.81. The summed E-state index contributed by atoms with van der Waals surface area (Å²) >= 11 is 1.36. The van der Waals surface area contributed by atoms with Crippen molar-refractivity contribution in [3.63, 3.8) is 0 Å². The Kier molecular flexibility index (Phi) is 5.27. The predicted octanol–water partition coefficient (Wildman–Crippen LogP) is 1.19. The minimum atomic E-state index is -0.484. The number of aliphatic hydroxyl groups excluding tert-OH is 1. The Morgan fingerprint density at radius 3 is 2.70 bits per heavy atom. The van der Waals surface area contributed by atoms with Crippen LogP contribution in [0.4, 0.5) is 4.39 Å². The molecule has 0 bridgehead atoms. The van der Waals surface area contributed by atoms with Crippen LogP contribution < -0.4 is 0 Å². The van der Waals surface area contributed by atoms with Crippen LogP contribution in [-0.2, 0) is 0 Å². The van der Waals surface area contributed by atoms with Gasteiger partial charge in [0.15, 0.2) is 5.16 Å². The van der Waals surface area contributed by atoms with E-state index in [0.717, 1.165) is 13.1 Å². The highest BCUT2D eigenvalue weighted by Gasteiger charge is 2.44. The quantitative estimate of drug-likeness (QED) is 0.821. The maximum atomic E-state index is 14.7. The predicted molar refractivity (Wildman–Crippen MR) is 99.3 cm³/mol. The molecule has 1 N–H and O–H groups in total. The highest BCUT2D eigenvalue weighted by Crippen LogP contribution is 2.41. The van der Waals surface area contributed by atoms with Crippen molar-refractivity contribution in [2.24, 2.45) is 0 Å². The fourth-order valence-electron chi connectivity index (χ4n) is 3.77. The molecule has 2 atom stereocenters. The first kappa shape index (κ1) is 18.5. The molecule has 3 heterocycles. The van der Waals surface area contributed by atoms with Crippen LogP contribution in [0.25, 0.3) is 0 Å². The number of aryl methyl sites for hydroxylation is 1. The Labute approximate surface area is 161 Å². The third-order valence-electron chi connectivity index (χ3n) is 5.10. The van der Waals surface area contributed by atoms with Gasteiger partial charge in [-0.3, -0.25) is 14.6 Å². The number of aliphatic hydroxyl groups is 1. The van der Waals surface area contributed by atoms with Crippen LogP contribution in [0.15, 0.2) is 29.4 Å². The molecule has 0 aliphatic carbocycles. The van der Waals surface area contributed by atoms with Crippen molar-refractivity contribution >= 4 is 17.7 Å². The molecule has 2 aliphatic heterocycles. The second-order valence-electron chi connectivity index (χ2n) is 6.80. The maximum Gasteiger partial charge on any atom is 0.264 e. The lowest BCUT2D eigenvalue weighted by atomic mass is 9.99. The molecule has 0 spiro atoms. The minimum absolute atomic E-state index is 0.125. The van der Waals surface area contributed by atoms with E-state index in [1.165, 1.54) is 22.5 Å². The summed E-state index contributed by atoms with van der Waals surface area (Å²) in [6.45, 7) is 5.48. The van der Waals surface area contributed by atoms with Crippen molar-refractivity contribution in [3.05, 3.63) is 41.5 Å². The molecular formula is C18H22FN5O2S. The summed E-state index contributed by atoms with van der Waals surface area (Å²) < 4.78 is 16.0. The van der Waals surface area contributed by atoms with Crippen LogP contribution in [0, 0.1) is 12.7 Å². The van der Waals surface area contributed by atoms with E-state index in [4.69, 9.17) is 5.11 Å². The molecule has 1 saturated heterocycles. The van der Waals surface area contributed by atoms with Crippen molar-refractivity contribution in [2.75, 3.05) is 39.3 Å². The molecule has 144 valence electrons. The zero-order valence-electron chi connectivity index (χ0n) is 15.1. The van der Waals surface area contributed by atoms with Gasteiger partial charge in [0.25, 0.3) is 5.91 Å². The number of hydrogen-bond donors (Lipinski definition) is 1. The van der Waals surface area contributed by atoms with E-state index in [0.29, 0.717) is 36.2 Å². The molecule has 7 nitrogen and oxygen atoms in total. The van der Waals surface area contributed by atoms with Crippen LogP contribution in [0.1, 0.15) is 22.2 Å². The summed E-state index contributed by atoms with van der Waals surface area (Å²) in [5.41, 5.74) is 0.529. The fourth-order valence-corrected chi connectivity index (χ4v) is 5.06. The molecular weight excluding hydrogens is 369 g/mol. The normalized spacial score (nSPS) is 22.2. The van der Waals surface area contributed by atoms with E-state index in [1.807, 2.05) is 0 Å². The summed E-state index contributed by atoms with van der Waals surface area (Å²) in [5, 5.41) is 13.4. The number of halogens is 1. The van der Waals surface area contributed by atoms with Crippen molar-refractivity contribution in [1.82, 2.24) is 24.6 Å². The third-order valence-corrected chi connectivity index (χ3v) is 6.28. The molecule has 2 aliphatic rings. The van der Waals surface area contributed by atoms with Crippen LogP contribution in [-0.4, -0.2) is 80.2 Å². The van der Waals surface area contributed by atoms with Gasteiger partial charge in [-0.25, -0.2) is 9.37 Å². The van der Waals surface area contributed by atoms with Gasteiger partial charge >= 0.3 is 0 Å². The molecule has 1 aromatic heterocycles. The highest BCUT2D eigenvalue weighted by molar-refractivity contribution is 8.00. The molecule has 9 heteroatoms. The molecule has 27 heavy (non-hydrogen) atoms. The van der Waals surface area contributed by atoms with Crippen LogP contribution in [0.5, 0.6) is 0 Å². The number of β-amino-alcohol motifs (C(OH)–C–C–N with tert-alkyl or cyclic N) is 1. The Morgan fingerprint density at radius 2 is 2.04 bits per heavy atom. The Bertz CT molecular complexity index is 837. The molecule has 2 unspecified atom stereocenters. The van der Waals surface area contributed by atoms with E-state index in [2.05, 4.69) is 19.9 Å². The second kappa shape index (κ2) is 7.67. The highest BCUT2D eigenvalue weighted by atomic mass is 32.2. The van der Waals surface area contributed by atoms with E-state index < -0.39 is 5.25 Å². The van der Waals surface area contributed by atoms with Crippen molar-refractivity contribution in [3.8, 4) is 0 Å². The first-order valence-corrected chi connectivity index (χ1v) is 9.92. The zero-order chi connectivity index (χ0) is 19.0. The largest absolute Gasteiger partial charge is 0.395 e. The number of nitrogens with zero attached hydrogens (tertiary/aromatic N) is 5. The summed E-state index contributed by atoms with van der Waals surface area (Å²) in [6, 6.07) is 6.28. The van der Waals surface area contributed by atoms with E-state index in [1.54, 1.807) is 25.1 Å². The molecule has 0 amide bonds. The Morgan fingerprint density at radius 1 is 1.30 bits per heavy atom. The zero-order valence-corrected chi connectivity index (χ0v) is 15.9. The van der Waals surface area contributed by atoms with Gasteiger partial charge in [0.05, 0.1) is 12.6 Å². The van der Waals surface area contributed by atoms with Gasteiger partial charge in [-0.2, -0.15) is 4.68 Å². The van der Waals surface area contributed by atoms with E-state index in [9.17, 15) is 9.18 Å². The first-order valence-electron chi connectivity index (χ1n) is 9.04. The fraction of sp³-hybridized carbons (Fsp3) is 0.500. The summed E-state index contributed by atoms with van der Waals surface area (Å²) in [5.74, 6) is 0.105. The topological polar surface area (TPSA) is 74.5 Å². The second-order valence-corrected chi connectivity index (χ2v) is 7.91. The number of thioether (sulfide) groups is 1. The number of rotatable bonds is 5. The molecule has 0 saturated carbocycles. The number of piperazine rings is 1. The minimum Gasteiger partial charge on any atom is -0.395 e. The van der Waals surface area contributed by atoms with Gasteiger partial charge in [0.1, 0.15) is 16.9 Å². The molecule has 1 aromatic carbocycles. The smallest absolute Gasteiger partial charge is 0.264 e. The van der Waals surface area contributed by atoms with Gasteiger partial charge in [-0.05, 0) is 13.0 Å². The third kappa shape index (κ3) is 3.52. The maximum absolute atomic E-state index is 14.7. The number of carbonyl (C=O) groups excluding carboxylic acids is 1. The van der Waals surface area contributed by atoms with Gasteiger partial charge in [0.2, 0.25) is 0 Å². The monoisotopic (exact) mass is 391 g/mol. The summed E-state index contributed by atoms with van der Waals surface area (Å²) in [6.07, 6.45) is 0. The van der Waals surface area contributed by atoms with E-state index in [-0.39, 0.29) is 24.4 Å². The number of fused-ring (bicyclic) bond motifs is 1. The van der Waals surface area contributed by atoms with Gasteiger partial charge < -0.3 is 5.11 Å². The van der Waals surface area contributed by atoms with Crippen molar-refractivity contribution < 1.29 is 14.3 Å². The van der Waals surface area contributed by atoms with Crippen molar-refractivity contribution in [2.45, 2.75) is 23.4 Å². The van der Waals surface area contributed by atoms with Crippen molar-refractivity contribution in [1.29, 1.82) is 0 Å². The van der Waals surface area contributed by atoms with Crippen LogP contribution >= 0.6 is 11.8 Å². The number of carbonyl (C=O) groups is 1. The molecule has 1 fully saturated rings. The lowest BCUT2D eigenvalue weighted by Gasteiger charge is -2.40. The SMILES string of the molecule is Cc1nc2n(n1)C(=O)C(C(c1ccccc1F)N1CCN(CCO)CC1)S2. The molecule has 4 rings (SSSR count). The molecule has 2 aromatic rings. The van der Waals surface area contributed by atoms with Gasteiger partial charge in [0, 0.05) is 38.3 Å². The number of hydrogen-bond acceptors (Lipinski definition) is 7. The standard InChI is InChI=1S/C18H22FN5O2S/c1-12-20-18-24(21-12)17(26)16(27-18)15(13-4-2-3-5-14(13)19)23-8-6-22(7-9-23)10-11-25/h2-5,15-16,25H,6-11H2,1H3. The van der Waals surface area contributed by atoms with Gasteiger partial charge in [-0.1, -0.05) is 30.0 Å². The number of benzene rings is 1. The number of aromatic nitrogens is 3. The summed E-state index contributed by atoms with van der Waals surface area (Å²) in [7, 11) is 0. The van der Waals surface area contributed by atoms with Gasteiger partial charge in [-0.15, -0.1) is 5.10 Å². The lowest BCUT2D eigenvalue weighted by molar-refractivity contribution is 0.0681. The Balaban J connectivity index is 1.63. The van der Waals surface area contributed by atoms with E-state index >= 15 is 0 Å². The average molecular weight is 391 g/mol. The summed E-state index contributed by atoms with van der Waals surface area (Å²) in [4.78, 5) is 21.7. The molecule has 0 radical (unpaired) electrons. The first-order chi connectivity index (χ1) is 13.1.